The van der Waals surface area contributed by atoms with Crippen LogP contribution >= 0.6 is 0 Å². The van der Waals surface area contributed by atoms with Gasteiger partial charge in [0.25, 0.3) is 0 Å². The predicted octanol–water partition coefficient (Wildman–Crippen LogP) is 1.26. The fourth-order valence-corrected chi connectivity index (χ4v) is 2.87. The Hall–Kier alpha value is -1.17. The van der Waals surface area contributed by atoms with Crippen LogP contribution in [0.2, 0.25) is 0 Å². The quantitative estimate of drug-likeness (QED) is 0.878. The molecular formula is C11H17N3O2S. The van der Waals surface area contributed by atoms with Crippen LogP contribution in [0.5, 0.6) is 0 Å². The van der Waals surface area contributed by atoms with Crippen LogP contribution in [0.3, 0.4) is 0 Å². The average molecular weight is 255 g/mol. The van der Waals surface area contributed by atoms with Crippen molar-refractivity contribution < 1.29 is 8.42 Å². The SMILES string of the molecule is CS(=O)(=O)Cc1nc(N)cc(C2CCCC2)n1. The molecule has 0 saturated heterocycles. The van der Waals surface area contributed by atoms with E-state index in [1.165, 1.54) is 19.1 Å². The third-order valence-electron chi connectivity index (χ3n) is 2.98. The second-order valence-electron chi connectivity index (χ2n) is 4.69. The van der Waals surface area contributed by atoms with E-state index in [0.717, 1.165) is 18.5 Å². The first-order valence-corrected chi connectivity index (χ1v) is 7.81. The Morgan fingerprint density at radius 3 is 2.59 bits per heavy atom. The van der Waals surface area contributed by atoms with E-state index in [1.807, 2.05) is 0 Å². The normalized spacial score (nSPS) is 17.5. The predicted molar refractivity (Wildman–Crippen MR) is 66.2 cm³/mol. The minimum atomic E-state index is -3.11. The van der Waals surface area contributed by atoms with Crippen molar-refractivity contribution in [3.63, 3.8) is 0 Å². The van der Waals surface area contributed by atoms with Gasteiger partial charge in [-0.25, -0.2) is 18.4 Å². The summed E-state index contributed by atoms with van der Waals surface area (Å²) >= 11 is 0. The number of aromatic nitrogens is 2. The minimum Gasteiger partial charge on any atom is -0.384 e. The van der Waals surface area contributed by atoms with Crippen molar-refractivity contribution in [2.75, 3.05) is 12.0 Å². The van der Waals surface area contributed by atoms with Crippen molar-refractivity contribution in [2.24, 2.45) is 0 Å². The summed E-state index contributed by atoms with van der Waals surface area (Å²) in [6, 6.07) is 1.77. The largest absolute Gasteiger partial charge is 0.384 e. The van der Waals surface area contributed by atoms with Crippen molar-refractivity contribution >= 4 is 15.7 Å². The summed E-state index contributed by atoms with van der Waals surface area (Å²) in [7, 11) is -3.11. The van der Waals surface area contributed by atoms with Crippen LogP contribution in [0.4, 0.5) is 5.82 Å². The average Bonchev–Trinajstić information content (AvgIpc) is 2.65. The van der Waals surface area contributed by atoms with E-state index < -0.39 is 9.84 Å². The molecule has 2 N–H and O–H groups in total. The lowest BCUT2D eigenvalue weighted by Crippen LogP contribution is -2.10. The molecule has 0 aliphatic heterocycles. The van der Waals surface area contributed by atoms with E-state index in [2.05, 4.69) is 9.97 Å². The summed E-state index contributed by atoms with van der Waals surface area (Å²) in [5, 5.41) is 0. The van der Waals surface area contributed by atoms with Gasteiger partial charge in [-0.1, -0.05) is 12.8 Å². The monoisotopic (exact) mass is 255 g/mol. The molecule has 0 bridgehead atoms. The maximum absolute atomic E-state index is 11.2. The Bertz CT molecular complexity index is 507. The van der Waals surface area contributed by atoms with Gasteiger partial charge in [0.05, 0.1) is 0 Å². The van der Waals surface area contributed by atoms with Crippen molar-refractivity contribution in [3.8, 4) is 0 Å². The number of anilines is 1. The van der Waals surface area contributed by atoms with E-state index in [4.69, 9.17) is 5.73 Å². The molecule has 1 aromatic heterocycles. The van der Waals surface area contributed by atoms with Crippen LogP contribution in [-0.2, 0) is 15.6 Å². The number of rotatable bonds is 3. The number of hydrogen-bond donors (Lipinski definition) is 1. The summed E-state index contributed by atoms with van der Waals surface area (Å²) in [5.74, 6) is 0.950. The highest BCUT2D eigenvalue weighted by molar-refractivity contribution is 7.89. The third-order valence-corrected chi connectivity index (χ3v) is 3.76. The summed E-state index contributed by atoms with van der Waals surface area (Å²) < 4.78 is 22.4. The standard InChI is InChI=1S/C11H17N3O2S/c1-17(15,16)7-11-13-9(6-10(12)14-11)8-4-2-3-5-8/h6,8H,2-5,7H2,1H3,(H2,12,13,14). The maximum atomic E-state index is 11.2. The molecular weight excluding hydrogens is 238 g/mol. The van der Waals surface area contributed by atoms with E-state index in [1.54, 1.807) is 6.07 Å². The van der Waals surface area contributed by atoms with Crippen LogP contribution in [0, 0.1) is 0 Å². The van der Waals surface area contributed by atoms with Crippen molar-refractivity contribution in [1.29, 1.82) is 0 Å². The van der Waals surface area contributed by atoms with Crippen LogP contribution in [0.25, 0.3) is 0 Å². The van der Waals surface area contributed by atoms with Crippen LogP contribution in [0.1, 0.15) is 43.1 Å². The van der Waals surface area contributed by atoms with E-state index in [-0.39, 0.29) is 5.75 Å². The number of hydrogen-bond acceptors (Lipinski definition) is 5. The van der Waals surface area contributed by atoms with Gasteiger partial charge in [0.2, 0.25) is 0 Å². The molecule has 0 radical (unpaired) electrons. The summed E-state index contributed by atoms with van der Waals surface area (Å²) in [4.78, 5) is 8.31. The van der Waals surface area contributed by atoms with Gasteiger partial charge >= 0.3 is 0 Å². The first-order valence-electron chi connectivity index (χ1n) is 5.75. The molecule has 1 aromatic rings. The van der Waals surface area contributed by atoms with Crippen LogP contribution in [-0.4, -0.2) is 24.6 Å². The Labute approximate surface area is 101 Å². The molecule has 1 saturated carbocycles. The van der Waals surface area contributed by atoms with Crippen molar-refractivity contribution in [1.82, 2.24) is 9.97 Å². The Balaban J connectivity index is 2.28. The molecule has 1 aliphatic carbocycles. The lowest BCUT2D eigenvalue weighted by atomic mass is 10.0. The molecule has 6 heteroatoms. The van der Waals surface area contributed by atoms with Gasteiger partial charge in [-0.05, 0) is 12.8 Å². The minimum absolute atomic E-state index is 0.141. The van der Waals surface area contributed by atoms with E-state index in [9.17, 15) is 8.42 Å². The van der Waals surface area contributed by atoms with Crippen molar-refractivity contribution in [2.45, 2.75) is 37.4 Å². The Morgan fingerprint density at radius 2 is 2.00 bits per heavy atom. The first kappa shape index (κ1) is 12.3. The molecule has 1 aliphatic rings. The molecule has 0 atom stereocenters. The lowest BCUT2D eigenvalue weighted by Gasteiger charge is -2.10. The zero-order valence-electron chi connectivity index (χ0n) is 9.89. The smallest absolute Gasteiger partial charge is 0.154 e. The fraction of sp³-hybridized carbons (Fsp3) is 0.636. The summed E-state index contributed by atoms with van der Waals surface area (Å²) in [5.41, 5.74) is 6.60. The molecule has 2 rings (SSSR count). The second kappa shape index (κ2) is 4.60. The molecule has 5 nitrogen and oxygen atoms in total. The van der Waals surface area contributed by atoms with Crippen molar-refractivity contribution in [3.05, 3.63) is 17.6 Å². The van der Waals surface area contributed by atoms with Crippen LogP contribution in [0.15, 0.2) is 6.07 Å². The Morgan fingerprint density at radius 1 is 1.35 bits per heavy atom. The second-order valence-corrected chi connectivity index (χ2v) is 6.83. The first-order chi connectivity index (χ1) is 7.94. The van der Waals surface area contributed by atoms with Gasteiger partial charge in [0.15, 0.2) is 9.84 Å². The van der Waals surface area contributed by atoms with Gasteiger partial charge in [0.1, 0.15) is 17.4 Å². The van der Waals surface area contributed by atoms with E-state index in [0.29, 0.717) is 17.6 Å². The highest BCUT2D eigenvalue weighted by Crippen LogP contribution is 2.33. The number of sulfone groups is 1. The molecule has 94 valence electrons. The molecule has 1 fully saturated rings. The zero-order valence-corrected chi connectivity index (χ0v) is 10.7. The lowest BCUT2D eigenvalue weighted by molar-refractivity contribution is 0.599. The Kier molecular flexibility index (Phi) is 3.33. The summed E-state index contributed by atoms with van der Waals surface area (Å²) in [6.07, 6.45) is 5.80. The molecule has 0 aromatic carbocycles. The number of nitrogens with zero attached hydrogens (tertiary/aromatic N) is 2. The fourth-order valence-electron chi connectivity index (χ4n) is 2.27. The molecule has 0 amide bonds. The van der Waals surface area contributed by atoms with E-state index >= 15 is 0 Å². The molecule has 0 spiro atoms. The number of nitrogens with two attached hydrogens (primary N) is 1. The van der Waals surface area contributed by atoms with Gasteiger partial charge in [-0.3, -0.25) is 0 Å². The molecule has 17 heavy (non-hydrogen) atoms. The molecule has 1 heterocycles. The van der Waals surface area contributed by atoms with Gasteiger partial charge < -0.3 is 5.73 Å². The highest BCUT2D eigenvalue weighted by atomic mass is 32.2. The van der Waals surface area contributed by atoms with Crippen LogP contribution < -0.4 is 5.73 Å². The highest BCUT2D eigenvalue weighted by Gasteiger charge is 2.20. The third kappa shape index (κ3) is 3.39. The van der Waals surface area contributed by atoms with Gasteiger partial charge in [0, 0.05) is 23.9 Å². The number of nitrogen functional groups attached to an aromatic ring is 1. The zero-order chi connectivity index (χ0) is 12.5. The topological polar surface area (TPSA) is 85.9 Å². The van der Waals surface area contributed by atoms with Gasteiger partial charge in [-0.15, -0.1) is 0 Å². The van der Waals surface area contributed by atoms with Gasteiger partial charge in [-0.2, -0.15) is 0 Å². The molecule has 0 unspecified atom stereocenters. The summed E-state index contributed by atoms with van der Waals surface area (Å²) in [6.45, 7) is 0. The maximum Gasteiger partial charge on any atom is 0.154 e.